The monoisotopic (exact) mass is 656 g/mol. The molecule has 11 rings (SSSR count). The Labute approximate surface area is 291 Å². The zero-order valence-corrected chi connectivity index (χ0v) is 28.4. The van der Waals surface area contributed by atoms with Crippen LogP contribution in [0.25, 0.3) is 106 Å². The lowest BCUT2D eigenvalue weighted by Gasteiger charge is -2.20. The summed E-state index contributed by atoms with van der Waals surface area (Å²) in [4.78, 5) is 0. The first-order valence-electron chi connectivity index (χ1n) is 16.8. The van der Waals surface area contributed by atoms with Crippen LogP contribution in [-0.2, 0) is 0 Å². The van der Waals surface area contributed by atoms with Gasteiger partial charge in [0.2, 0.25) is 0 Å². The highest BCUT2D eigenvalue weighted by atomic mass is 32.1. The number of rotatable bonds is 3. The van der Waals surface area contributed by atoms with Crippen LogP contribution >= 0.6 is 22.7 Å². The molecule has 0 radical (unpaired) electrons. The van der Waals surface area contributed by atoms with Gasteiger partial charge in [0, 0.05) is 51.5 Å². The molecule has 2 heterocycles. The van der Waals surface area contributed by atoms with Crippen molar-refractivity contribution in [2.45, 2.75) is 6.92 Å². The summed E-state index contributed by atoms with van der Waals surface area (Å²) in [6.45, 7) is 2.17. The van der Waals surface area contributed by atoms with Crippen LogP contribution in [0, 0.1) is 6.92 Å². The van der Waals surface area contributed by atoms with Gasteiger partial charge < -0.3 is 0 Å². The lowest BCUT2D eigenvalue weighted by molar-refractivity contribution is 1.47. The first-order chi connectivity index (χ1) is 24.2. The maximum absolute atomic E-state index is 2.46. The van der Waals surface area contributed by atoms with E-state index < -0.39 is 0 Å². The Morgan fingerprint density at radius 1 is 0.347 bits per heavy atom. The molecular weight excluding hydrogens is 629 g/mol. The van der Waals surface area contributed by atoms with Crippen molar-refractivity contribution >= 4 is 95.3 Å². The molecule has 0 saturated carbocycles. The Bertz CT molecular complexity index is 3100. The number of aryl methyl sites for hydroxylation is 1. The second-order valence-electron chi connectivity index (χ2n) is 13.3. The average Bonchev–Trinajstić information content (AvgIpc) is 3.73. The van der Waals surface area contributed by atoms with E-state index in [0.29, 0.717) is 0 Å². The number of hydrogen-bond acceptors (Lipinski definition) is 2. The van der Waals surface area contributed by atoms with Crippen LogP contribution in [0.15, 0.2) is 152 Å². The molecule has 0 bridgehead atoms. The van der Waals surface area contributed by atoms with Gasteiger partial charge >= 0.3 is 0 Å². The third-order valence-corrected chi connectivity index (χ3v) is 13.0. The second kappa shape index (κ2) is 10.2. The van der Waals surface area contributed by atoms with Crippen LogP contribution in [0.4, 0.5) is 0 Å². The fourth-order valence-corrected chi connectivity index (χ4v) is 10.7. The largest absolute Gasteiger partial charge is 0.135 e. The van der Waals surface area contributed by atoms with Crippen LogP contribution in [0.1, 0.15) is 5.56 Å². The molecule has 228 valence electrons. The van der Waals surface area contributed by atoms with E-state index in [0.717, 1.165) is 0 Å². The van der Waals surface area contributed by atoms with Gasteiger partial charge in [-0.05, 0) is 79.7 Å². The summed E-state index contributed by atoms with van der Waals surface area (Å²) in [6.07, 6.45) is 0. The Morgan fingerprint density at radius 3 is 1.55 bits per heavy atom. The normalized spacial score (nSPS) is 12.2. The molecule has 0 atom stereocenters. The minimum absolute atomic E-state index is 1.25. The highest BCUT2D eigenvalue weighted by Crippen LogP contribution is 2.49. The molecule has 9 aromatic carbocycles. The lowest BCUT2D eigenvalue weighted by Crippen LogP contribution is -1.92. The van der Waals surface area contributed by atoms with E-state index in [1.807, 2.05) is 22.7 Å². The molecule has 49 heavy (non-hydrogen) atoms. The molecule has 0 amide bonds. The van der Waals surface area contributed by atoms with Gasteiger partial charge in [-0.3, -0.25) is 0 Å². The van der Waals surface area contributed by atoms with Crippen molar-refractivity contribution in [1.82, 2.24) is 0 Å². The molecule has 0 N–H and O–H groups in total. The quantitative estimate of drug-likeness (QED) is 0.166. The molecule has 0 aliphatic rings. The summed E-state index contributed by atoms with van der Waals surface area (Å²) in [5.41, 5.74) is 9.03. The summed E-state index contributed by atoms with van der Waals surface area (Å²) in [5.74, 6) is 0. The number of benzene rings is 9. The van der Waals surface area contributed by atoms with Gasteiger partial charge in [-0.2, -0.15) is 0 Å². The van der Waals surface area contributed by atoms with Crippen LogP contribution < -0.4 is 0 Å². The smallest absolute Gasteiger partial charge is 0.0434 e. The minimum atomic E-state index is 1.25. The maximum atomic E-state index is 2.46. The van der Waals surface area contributed by atoms with Gasteiger partial charge in [-0.1, -0.05) is 139 Å². The fraction of sp³-hybridized carbons (Fsp3) is 0.0213. The molecular formula is C47H28S2. The predicted molar refractivity (Wildman–Crippen MR) is 217 cm³/mol. The average molecular weight is 657 g/mol. The zero-order chi connectivity index (χ0) is 32.2. The van der Waals surface area contributed by atoms with Crippen molar-refractivity contribution in [1.29, 1.82) is 0 Å². The van der Waals surface area contributed by atoms with Crippen LogP contribution in [0.2, 0.25) is 0 Å². The van der Waals surface area contributed by atoms with E-state index in [9.17, 15) is 0 Å². The molecule has 0 saturated heterocycles. The van der Waals surface area contributed by atoms with Gasteiger partial charge in [0.15, 0.2) is 0 Å². The highest BCUT2D eigenvalue weighted by Gasteiger charge is 2.21. The first-order valence-corrected chi connectivity index (χ1v) is 18.5. The Morgan fingerprint density at radius 2 is 0.878 bits per heavy atom. The van der Waals surface area contributed by atoms with Crippen molar-refractivity contribution in [2.24, 2.45) is 0 Å². The Balaban J connectivity index is 1.27. The molecule has 0 unspecified atom stereocenters. The SMILES string of the molecule is Cc1ccc(-c2cc(-c3cccc4c3sc3ccccc34)c3ccc4ccc(-c5cccc6c5sc5ccccc56)c5ccc2c3c45)cc1. The predicted octanol–water partition coefficient (Wildman–Crippen LogP) is 14.6. The summed E-state index contributed by atoms with van der Waals surface area (Å²) in [6, 6.07) is 57.0. The summed E-state index contributed by atoms with van der Waals surface area (Å²) in [5, 5.41) is 13.3. The minimum Gasteiger partial charge on any atom is -0.135 e. The molecule has 2 aromatic heterocycles. The maximum Gasteiger partial charge on any atom is 0.0434 e. The number of thiophene rings is 2. The number of hydrogen-bond donors (Lipinski definition) is 0. The first kappa shape index (κ1) is 27.4. The van der Waals surface area contributed by atoms with Crippen LogP contribution in [0.5, 0.6) is 0 Å². The molecule has 0 aliphatic carbocycles. The highest BCUT2D eigenvalue weighted by molar-refractivity contribution is 7.26. The van der Waals surface area contributed by atoms with Gasteiger partial charge in [0.25, 0.3) is 0 Å². The number of fused-ring (bicyclic) bond motifs is 6. The lowest BCUT2D eigenvalue weighted by atomic mass is 9.84. The van der Waals surface area contributed by atoms with Crippen LogP contribution in [0.3, 0.4) is 0 Å². The van der Waals surface area contributed by atoms with Gasteiger partial charge in [-0.25, -0.2) is 0 Å². The van der Waals surface area contributed by atoms with Crippen molar-refractivity contribution in [3.8, 4) is 33.4 Å². The van der Waals surface area contributed by atoms with Gasteiger partial charge in [0.1, 0.15) is 0 Å². The zero-order valence-electron chi connectivity index (χ0n) is 26.8. The van der Waals surface area contributed by atoms with E-state index in [1.54, 1.807) is 0 Å². The van der Waals surface area contributed by atoms with E-state index in [2.05, 4.69) is 159 Å². The van der Waals surface area contributed by atoms with E-state index >= 15 is 0 Å². The molecule has 11 aromatic rings. The molecule has 2 heteroatoms. The molecule has 0 aliphatic heterocycles. The van der Waals surface area contributed by atoms with Gasteiger partial charge in [-0.15, -0.1) is 22.7 Å². The van der Waals surface area contributed by atoms with Crippen molar-refractivity contribution in [2.75, 3.05) is 0 Å². The van der Waals surface area contributed by atoms with Crippen molar-refractivity contribution < 1.29 is 0 Å². The van der Waals surface area contributed by atoms with E-state index in [1.165, 1.54) is 112 Å². The van der Waals surface area contributed by atoms with Crippen molar-refractivity contribution in [3.63, 3.8) is 0 Å². The molecule has 0 nitrogen and oxygen atoms in total. The summed E-state index contributed by atoms with van der Waals surface area (Å²) >= 11 is 3.82. The van der Waals surface area contributed by atoms with Crippen molar-refractivity contribution in [3.05, 3.63) is 157 Å². The van der Waals surface area contributed by atoms with Crippen LogP contribution in [-0.4, -0.2) is 0 Å². The molecule has 0 fully saturated rings. The summed E-state index contributed by atoms with van der Waals surface area (Å²) < 4.78 is 5.38. The van der Waals surface area contributed by atoms with E-state index in [-0.39, 0.29) is 0 Å². The summed E-state index contributed by atoms with van der Waals surface area (Å²) in [7, 11) is 0. The fourth-order valence-electron chi connectivity index (χ4n) is 8.25. The Kier molecular flexibility index (Phi) is 5.72. The molecule has 0 spiro atoms. The second-order valence-corrected chi connectivity index (χ2v) is 15.4. The van der Waals surface area contributed by atoms with Gasteiger partial charge in [0.05, 0.1) is 0 Å². The third kappa shape index (κ3) is 3.90. The standard InChI is InChI=1S/C47H28S2/c1-27-16-18-28(19-17-27)40-26-41(39-13-7-12-38-32-9-3-5-15-43(32)49-47(38)39)35-23-21-29-20-22-30(33-24-25-34(40)45(35)44(29)33)36-10-6-11-37-31-8-2-4-14-42(31)48-46(36)37/h2-26H,1H3. The third-order valence-electron chi connectivity index (χ3n) is 10.5. The topological polar surface area (TPSA) is 0 Å². The Hall–Kier alpha value is -5.54. The van der Waals surface area contributed by atoms with E-state index in [4.69, 9.17) is 0 Å².